The Labute approximate surface area is 82.3 Å². The molecular formula is C6H14I2N-. The zero-order valence-corrected chi connectivity index (χ0v) is 10.7. The molecular weight excluding hydrogens is 340 g/mol. The van der Waals surface area contributed by atoms with Crippen molar-refractivity contribution in [3.63, 3.8) is 0 Å². The summed E-state index contributed by atoms with van der Waals surface area (Å²) in [5.74, 6) is 0. The number of rotatable bonds is 2. The van der Waals surface area contributed by atoms with Gasteiger partial charge in [-0.1, -0.05) is 0 Å². The maximum absolute atomic E-state index is 2.47. The van der Waals surface area contributed by atoms with Crippen molar-refractivity contribution in [2.24, 2.45) is 0 Å². The molecule has 0 N–H and O–H groups in total. The number of hydrogen-bond donors (Lipinski definition) is 0. The molecule has 0 fully saturated rings. The Balaban J connectivity index is 3.59. The summed E-state index contributed by atoms with van der Waals surface area (Å²) in [6.45, 7) is 6.79. The molecule has 0 aliphatic carbocycles. The first-order valence-electron chi connectivity index (χ1n) is 2.87. The molecule has 0 aliphatic rings. The first kappa shape index (κ1) is 10.4. The monoisotopic (exact) mass is 354 g/mol. The van der Waals surface area contributed by atoms with Crippen LogP contribution in [0.2, 0.25) is 0 Å². The van der Waals surface area contributed by atoms with Gasteiger partial charge in [-0.2, -0.15) is 0 Å². The fourth-order valence-electron chi connectivity index (χ4n) is 0.247. The zero-order chi connectivity index (χ0) is 7.49. The summed E-state index contributed by atoms with van der Waals surface area (Å²) in [5, 5.41) is 0. The molecule has 0 unspecified atom stereocenters. The van der Waals surface area contributed by atoms with E-state index in [2.05, 4.69) is 53.5 Å². The third-order valence-electron chi connectivity index (χ3n) is 1.15. The van der Waals surface area contributed by atoms with Gasteiger partial charge in [-0.05, 0) is 0 Å². The molecule has 0 saturated heterocycles. The molecule has 1 nitrogen and oxygen atoms in total. The Morgan fingerprint density at radius 1 is 1.44 bits per heavy atom. The molecule has 58 valence electrons. The van der Waals surface area contributed by atoms with E-state index in [0.717, 1.165) is 0 Å². The van der Waals surface area contributed by atoms with Crippen LogP contribution < -0.4 is 21.5 Å². The molecule has 0 rings (SSSR count). The molecule has 0 saturated carbocycles. The molecule has 0 aromatic carbocycles. The second-order valence-electron chi connectivity index (χ2n) is 2.87. The summed E-state index contributed by atoms with van der Waals surface area (Å²) in [7, 11) is 2.21. The van der Waals surface area contributed by atoms with Gasteiger partial charge in [-0.15, -0.1) is 0 Å². The third kappa shape index (κ3) is 4.78. The van der Waals surface area contributed by atoms with Crippen molar-refractivity contribution in [2.45, 2.75) is 26.3 Å². The Bertz CT molecular complexity index is 77.6. The van der Waals surface area contributed by atoms with E-state index in [4.69, 9.17) is 0 Å². The molecule has 9 heavy (non-hydrogen) atoms. The summed E-state index contributed by atoms with van der Waals surface area (Å²) in [5.41, 5.74) is 0.387. The minimum absolute atomic E-state index is 0.295. The van der Waals surface area contributed by atoms with Crippen LogP contribution in [0.1, 0.15) is 20.8 Å². The SMILES string of the molecule is CN([I-]CI)C(C)(C)C. The molecule has 0 aromatic heterocycles. The van der Waals surface area contributed by atoms with Crippen molar-refractivity contribution < 1.29 is 21.5 Å². The van der Waals surface area contributed by atoms with Crippen LogP contribution in [0.5, 0.6) is 0 Å². The number of alkyl halides is 2. The summed E-state index contributed by atoms with van der Waals surface area (Å²) in [6, 6.07) is 0. The van der Waals surface area contributed by atoms with E-state index < -0.39 is 0 Å². The van der Waals surface area contributed by atoms with Gasteiger partial charge < -0.3 is 0 Å². The molecule has 0 aliphatic heterocycles. The van der Waals surface area contributed by atoms with E-state index in [1.165, 1.54) is 2.43 Å². The van der Waals surface area contributed by atoms with Gasteiger partial charge in [0.1, 0.15) is 0 Å². The number of nitrogens with zero attached hydrogens (tertiary/aromatic N) is 1. The molecule has 0 aromatic rings. The van der Waals surface area contributed by atoms with Crippen molar-refractivity contribution in [3.05, 3.63) is 0 Å². The van der Waals surface area contributed by atoms with Gasteiger partial charge in [0.25, 0.3) is 0 Å². The van der Waals surface area contributed by atoms with Gasteiger partial charge in [0.2, 0.25) is 0 Å². The normalized spacial score (nSPS) is 13.1. The second-order valence-corrected chi connectivity index (χ2v) is 9.44. The van der Waals surface area contributed by atoms with Crippen molar-refractivity contribution >= 4 is 22.6 Å². The number of hydrogen-bond acceptors (Lipinski definition) is 1. The van der Waals surface area contributed by atoms with E-state index in [-0.39, 0.29) is 0 Å². The van der Waals surface area contributed by atoms with E-state index >= 15 is 0 Å². The molecule has 0 amide bonds. The van der Waals surface area contributed by atoms with Crippen LogP contribution in [0.15, 0.2) is 0 Å². The van der Waals surface area contributed by atoms with Gasteiger partial charge in [-0.25, -0.2) is 0 Å². The van der Waals surface area contributed by atoms with Crippen molar-refractivity contribution in [2.75, 3.05) is 9.48 Å². The molecule has 0 atom stereocenters. The van der Waals surface area contributed by atoms with E-state index in [0.29, 0.717) is 27.0 Å². The number of halogens is 2. The zero-order valence-electron chi connectivity index (χ0n) is 6.41. The topological polar surface area (TPSA) is 3.24 Å². The summed E-state index contributed by atoms with van der Waals surface area (Å²) < 4.78 is 3.79. The molecule has 0 heterocycles. The standard InChI is InChI=1S/C6H14I2N/c1-6(2,3)9(4)8-5-7/h5H2,1-4H3/q-1. The van der Waals surface area contributed by atoms with Crippen LogP contribution >= 0.6 is 22.6 Å². The van der Waals surface area contributed by atoms with Gasteiger partial charge in [0.15, 0.2) is 0 Å². The molecule has 0 spiro atoms. The van der Waals surface area contributed by atoms with Gasteiger partial charge in [-0.3, -0.25) is 0 Å². The van der Waals surface area contributed by atoms with Crippen molar-refractivity contribution in [3.8, 4) is 0 Å². The Kier molecular flexibility index (Phi) is 5.01. The van der Waals surface area contributed by atoms with Gasteiger partial charge >= 0.3 is 83.0 Å². The summed E-state index contributed by atoms with van der Waals surface area (Å²) in [6.07, 6.45) is 0. The second kappa shape index (κ2) is 4.33. The Morgan fingerprint density at radius 3 is 2.00 bits per heavy atom. The van der Waals surface area contributed by atoms with Gasteiger partial charge in [0.05, 0.1) is 0 Å². The fourth-order valence-corrected chi connectivity index (χ4v) is 4.25. The predicted molar refractivity (Wildman–Crippen MR) is 46.4 cm³/mol. The van der Waals surface area contributed by atoms with E-state index in [9.17, 15) is 0 Å². The Hall–Kier alpha value is 1.42. The predicted octanol–water partition coefficient (Wildman–Crippen LogP) is -0.887. The average molecular weight is 354 g/mol. The first-order chi connectivity index (χ1) is 3.98. The van der Waals surface area contributed by atoms with Crippen LogP contribution in [0.3, 0.4) is 0 Å². The van der Waals surface area contributed by atoms with E-state index in [1.54, 1.807) is 0 Å². The minimum atomic E-state index is 0.295. The fraction of sp³-hybridized carbons (Fsp3) is 1.00. The van der Waals surface area contributed by atoms with Crippen molar-refractivity contribution in [1.82, 2.24) is 3.11 Å². The van der Waals surface area contributed by atoms with Crippen LogP contribution in [0.4, 0.5) is 0 Å². The van der Waals surface area contributed by atoms with Crippen LogP contribution in [-0.2, 0) is 0 Å². The average Bonchev–Trinajstić information content (AvgIpc) is 1.64. The maximum atomic E-state index is 2.47. The first-order valence-corrected chi connectivity index (χ1v) is 6.89. The third-order valence-corrected chi connectivity index (χ3v) is 5.61. The van der Waals surface area contributed by atoms with Crippen LogP contribution in [0.25, 0.3) is 0 Å². The molecule has 0 bridgehead atoms. The molecule has 3 heteroatoms. The molecule has 0 radical (unpaired) electrons. The van der Waals surface area contributed by atoms with Crippen LogP contribution in [0, 0.1) is 0 Å². The summed E-state index contributed by atoms with van der Waals surface area (Å²) in [4.78, 5) is 0. The quantitative estimate of drug-likeness (QED) is 0.354. The Morgan fingerprint density at radius 2 is 1.89 bits per heavy atom. The van der Waals surface area contributed by atoms with E-state index in [1.807, 2.05) is 0 Å². The summed E-state index contributed by atoms with van der Waals surface area (Å²) >= 11 is 2.75. The van der Waals surface area contributed by atoms with Crippen molar-refractivity contribution in [1.29, 1.82) is 0 Å². The van der Waals surface area contributed by atoms with Crippen LogP contribution in [-0.4, -0.2) is 18.1 Å². The van der Waals surface area contributed by atoms with Gasteiger partial charge in [0, 0.05) is 0 Å².